The molecule has 2 N–H and O–H groups in total. The van der Waals surface area contributed by atoms with Crippen molar-refractivity contribution in [3.8, 4) is 5.75 Å². The minimum Gasteiger partial charge on any atom is -0.507 e. The van der Waals surface area contributed by atoms with E-state index in [1.807, 2.05) is 0 Å². The molecule has 12 heteroatoms. The Hall–Kier alpha value is -3.25. The number of aryl methyl sites for hydroxylation is 1. The van der Waals surface area contributed by atoms with Crippen molar-refractivity contribution in [3.63, 3.8) is 0 Å². The zero-order valence-corrected chi connectivity index (χ0v) is 26.2. The molecule has 0 spiro atoms. The maximum absolute atomic E-state index is 15.2. The van der Waals surface area contributed by atoms with Gasteiger partial charge in [-0.3, -0.25) is 9.10 Å². The Morgan fingerprint density at radius 3 is 2.41 bits per heavy atom. The van der Waals surface area contributed by atoms with Gasteiger partial charge in [0.2, 0.25) is 10.0 Å². The molecule has 1 aliphatic carbocycles. The number of carbonyl (C=O) groups is 1. The van der Waals surface area contributed by atoms with Gasteiger partial charge in [-0.2, -0.15) is 13.2 Å². The molecule has 1 atom stereocenters. The minimum absolute atomic E-state index is 0.0413. The van der Waals surface area contributed by atoms with E-state index in [1.54, 1.807) is 18.2 Å². The number of carbonyl (C=O) groups excluding carboxylic acids is 1. The fraction of sp³-hybridized carbons (Fsp3) is 0.406. The van der Waals surface area contributed by atoms with Crippen LogP contribution >= 0.6 is 11.8 Å². The van der Waals surface area contributed by atoms with Crippen LogP contribution in [0.4, 0.5) is 23.2 Å². The predicted molar refractivity (Wildman–Crippen MR) is 165 cm³/mol. The van der Waals surface area contributed by atoms with Crippen molar-refractivity contribution < 1.29 is 35.9 Å². The summed E-state index contributed by atoms with van der Waals surface area (Å²) >= 11 is 1.48. The molecule has 3 aromatic rings. The van der Waals surface area contributed by atoms with Gasteiger partial charge in [0.25, 0.3) is 5.91 Å². The zero-order chi connectivity index (χ0) is 32.1. The van der Waals surface area contributed by atoms with Gasteiger partial charge in [0.1, 0.15) is 11.6 Å². The largest absolute Gasteiger partial charge is 0.507 e. The number of thioether (sulfide) groups is 1. The SMILES string of the molecule is CN(c1ccc(C(CCc2ccc(C(F)(F)F)cc2SC2CCCCC2)CNC(=O)c2ccccc2O)cc1F)S(C)(=O)=O. The average molecular weight is 653 g/mol. The average Bonchev–Trinajstić information content (AvgIpc) is 2.97. The number of aromatic hydroxyl groups is 1. The van der Waals surface area contributed by atoms with Gasteiger partial charge in [-0.1, -0.05) is 43.5 Å². The van der Waals surface area contributed by atoms with Crippen LogP contribution in [0.3, 0.4) is 0 Å². The van der Waals surface area contributed by atoms with Gasteiger partial charge in [-0.25, -0.2) is 12.8 Å². The number of sulfonamides is 1. The van der Waals surface area contributed by atoms with Crippen LogP contribution in [-0.4, -0.2) is 44.5 Å². The molecule has 1 saturated carbocycles. The number of hydrogen-bond donors (Lipinski definition) is 2. The van der Waals surface area contributed by atoms with E-state index in [1.165, 1.54) is 55.2 Å². The lowest BCUT2D eigenvalue weighted by molar-refractivity contribution is -0.137. The van der Waals surface area contributed by atoms with Gasteiger partial charge in [-0.15, -0.1) is 11.8 Å². The van der Waals surface area contributed by atoms with E-state index < -0.39 is 39.4 Å². The molecule has 1 aliphatic rings. The van der Waals surface area contributed by atoms with Crippen LogP contribution in [0.25, 0.3) is 0 Å². The monoisotopic (exact) mass is 652 g/mol. The second-order valence-corrected chi connectivity index (χ2v) is 14.5. The Morgan fingerprint density at radius 2 is 1.77 bits per heavy atom. The van der Waals surface area contributed by atoms with E-state index in [2.05, 4.69) is 5.32 Å². The summed E-state index contributed by atoms with van der Waals surface area (Å²) in [6.07, 6.45) is 2.28. The second-order valence-electron chi connectivity index (χ2n) is 11.1. The van der Waals surface area contributed by atoms with E-state index >= 15 is 4.39 Å². The fourth-order valence-electron chi connectivity index (χ4n) is 5.31. The maximum atomic E-state index is 15.2. The number of anilines is 1. The number of para-hydroxylation sites is 1. The number of nitrogens with zero attached hydrogens (tertiary/aromatic N) is 1. The number of phenolic OH excluding ortho intramolecular Hbond substituents is 1. The molecule has 6 nitrogen and oxygen atoms in total. The first-order valence-electron chi connectivity index (χ1n) is 14.4. The first-order chi connectivity index (χ1) is 20.7. The summed E-state index contributed by atoms with van der Waals surface area (Å²) in [6.45, 7) is 0.0413. The Labute approximate surface area is 259 Å². The zero-order valence-electron chi connectivity index (χ0n) is 24.5. The van der Waals surface area contributed by atoms with Crippen molar-refractivity contribution in [2.24, 2.45) is 0 Å². The van der Waals surface area contributed by atoms with Crippen molar-refractivity contribution in [2.45, 2.75) is 67.2 Å². The van der Waals surface area contributed by atoms with E-state index in [9.17, 15) is 31.5 Å². The molecule has 0 aromatic heterocycles. The third-order valence-corrected chi connectivity index (χ3v) is 10.6. The molecule has 1 unspecified atom stereocenters. The van der Waals surface area contributed by atoms with Crippen LogP contribution in [0.1, 0.15) is 71.5 Å². The van der Waals surface area contributed by atoms with Crippen LogP contribution in [-0.2, 0) is 22.6 Å². The molecule has 0 aliphatic heterocycles. The number of phenols is 1. The molecule has 3 aromatic carbocycles. The van der Waals surface area contributed by atoms with E-state index in [0.29, 0.717) is 23.3 Å². The van der Waals surface area contributed by atoms with Crippen LogP contribution in [0.2, 0.25) is 0 Å². The van der Waals surface area contributed by atoms with Crippen molar-refractivity contribution in [3.05, 3.63) is 88.7 Å². The molecule has 1 amide bonds. The predicted octanol–water partition coefficient (Wildman–Crippen LogP) is 7.52. The summed E-state index contributed by atoms with van der Waals surface area (Å²) in [6, 6.07) is 14.0. The van der Waals surface area contributed by atoms with E-state index in [-0.39, 0.29) is 28.8 Å². The number of amides is 1. The summed E-state index contributed by atoms with van der Waals surface area (Å²) in [5.74, 6) is -1.98. The van der Waals surface area contributed by atoms with Gasteiger partial charge < -0.3 is 10.4 Å². The Balaban J connectivity index is 1.62. The molecule has 4 rings (SSSR count). The van der Waals surface area contributed by atoms with Crippen molar-refractivity contribution in [1.82, 2.24) is 5.32 Å². The molecule has 1 fully saturated rings. The van der Waals surface area contributed by atoms with Gasteiger partial charge >= 0.3 is 6.18 Å². The van der Waals surface area contributed by atoms with Crippen molar-refractivity contribution in [1.29, 1.82) is 0 Å². The molecule has 44 heavy (non-hydrogen) atoms. The molecular weight excluding hydrogens is 616 g/mol. The highest BCUT2D eigenvalue weighted by molar-refractivity contribution is 8.00. The summed E-state index contributed by atoms with van der Waals surface area (Å²) in [7, 11) is -2.47. The maximum Gasteiger partial charge on any atom is 0.416 e. The summed E-state index contributed by atoms with van der Waals surface area (Å²) < 4.78 is 80.9. The van der Waals surface area contributed by atoms with Gasteiger partial charge in [0.05, 0.1) is 23.1 Å². The molecule has 238 valence electrons. The van der Waals surface area contributed by atoms with Gasteiger partial charge in [-0.05, 0) is 73.2 Å². The highest BCUT2D eigenvalue weighted by atomic mass is 32.2. The number of nitrogens with one attached hydrogen (secondary N) is 1. The minimum atomic E-state index is -4.48. The molecule has 0 bridgehead atoms. The Kier molecular flexibility index (Phi) is 10.9. The van der Waals surface area contributed by atoms with Crippen LogP contribution in [0.15, 0.2) is 65.6 Å². The van der Waals surface area contributed by atoms with E-state index in [0.717, 1.165) is 54.3 Å². The third kappa shape index (κ3) is 8.68. The van der Waals surface area contributed by atoms with Crippen LogP contribution in [0.5, 0.6) is 5.75 Å². The summed E-state index contributed by atoms with van der Waals surface area (Å²) in [4.78, 5) is 13.4. The molecular formula is C32H36F4N2O4S2. The van der Waals surface area contributed by atoms with Crippen molar-refractivity contribution >= 4 is 33.4 Å². The quantitative estimate of drug-likeness (QED) is 0.209. The number of hydrogen-bond acceptors (Lipinski definition) is 5. The third-order valence-electron chi connectivity index (χ3n) is 7.94. The van der Waals surface area contributed by atoms with Gasteiger partial charge in [0.15, 0.2) is 0 Å². The van der Waals surface area contributed by atoms with Gasteiger partial charge in [0, 0.05) is 29.7 Å². The standard InChI is InChI=1S/C32H36F4N2O4S2/c1-38(44(2,41)42)28-17-15-22(18-27(28)33)23(20-37-31(40)26-10-6-7-11-29(26)39)13-12-21-14-16-24(32(34,35)36)19-30(21)43-25-8-4-3-5-9-25/h6-7,10-11,14-19,23,25,39H,3-5,8-9,12-13,20H2,1-2H3,(H,37,40). The summed E-state index contributed by atoms with van der Waals surface area (Å²) in [5, 5.41) is 13.1. The molecule has 0 saturated heterocycles. The second kappa shape index (κ2) is 14.2. The fourth-order valence-corrected chi connectivity index (χ4v) is 7.26. The van der Waals surface area contributed by atoms with Crippen molar-refractivity contribution in [2.75, 3.05) is 24.2 Å². The van der Waals surface area contributed by atoms with Crippen LogP contribution < -0.4 is 9.62 Å². The normalized spacial score (nSPS) is 15.1. The first kappa shape index (κ1) is 33.6. The number of halogens is 4. The highest BCUT2D eigenvalue weighted by Crippen LogP contribution is 2.40. The van der Waals surface area contributed by atoms with E-state index in [4.69, 9.17) is 0 Å². The number of benzene rings is 3. The lowest BCUT2D eigenvalue weighted by Crippen LogP contribution is -2.29. The Morgan fingerprint density at radius 1 is 1.07 bits per heavy atom. The lowest BCUT2D eigenvalue weighted by atomic mass is 9.91. The molecule has 0 heterocycles. The molecule has 0 radical (unpaired) electrons. The smallest absolute Gasteiger partial charge is 0.416 e. The Bertz CT molecular complexity index is 1570. The van der Waals surface area contributed by atoms with Crippen LogP contribution in [0, 0.1) is 5.82 Å². The number of rotatable bonds is 11. The lowest BCUT2D eigenvalue weighted by Gasteiger charge is -2.24. The summed E-state index contributed by atoms with van der Waals surface area (Å²) in [5.41, 5.74) is 0.441. The topological polar surface area (TPSA) is 86.7 Å². The number of alkyl halides is 3. The first-order valence-corrected chi connectivity index (χ1v) is 17.1. The highest BCUT2D eigenvalue weighted by Gasteiger charge is 2.31.